The van der Waals surface area contributed by atoms with Gasteiger partial charge in [-0.3, -0.25) is 24.4 Å². The van der Waals surface area contributed by atoms with Crippen molar-refractivity contribution >= 4 is 29.4 Å². The van der Waals surface area contributed by atoms with Gasteiger partial charge < -0.3 is 10.1 Å². The van der Waals surface area contributed by atoms with Crippen LogP contribution in [0.5, 0.6) is 0 Å². The molecule has 0 fully saturated rings. The molecule has 10 heteroatoms. The normalized spacial score (nSPS) is 10.7. The zero-order chi connectivity index (χ0) is 29.6. The quantitative estimate of drug-likeness (QED) is 0.119. The number of nitrogens with zero attached hydrogens (tertiary/aromatic N) is 4. The van der Waals surface area contributed by atoms with E-state index in [1.807, 2.05) is 79.7 Å². The summed E-state index contributed by atoms with van der Waals surface area (Å²) >= 11 is 0. The number of nitrogens with one attached hydrogen (secondary N) is 2. The Morgan fingerprint density at radius 1 is 0.857 bits per heavy atom. The van der Waals surface area contributed by atoms with Gasteiger partial charge in [-0.15, -0.1) is 5.10 Å². The SMILES string of the molecule is CCCC(=O)OCN(C(=O)Cc1ccccc1)c1cc(CCCCc2ccc(NC(=O)Cc3ccccc3)nn2)[nH]n1. The molecule has 10 nitrogen and oxygen atoms in total. The van der Waals surface area contributed by atoms with Crippen molar-refractivity contribution in [3.05, 3.63) is 101 Å². The number of hydrogen-bond donors (Lipinski definition) is 2. The summed E-state index contributed by atoms with van der Waals surface area (Å²) in [5, 5.41) is 18.5. The first-order chi connectivity index (χ1) is 20.5. The first-order valence-electron chi connectivity index (χ1n) is 14.2. The Kier molecular flexibility index (Phi) is 11.3. The van der Waals surface area contributed by atoms with E-state index in [-0.39, 0.29) is 37.4 Å². The van der Waals surface area contributed by atoms with Crippen LogP contribution in [0.3, 0.4) is 0 Å². The Morgan fingerprint density at radius 2 is 1.55 bits per heavy atom. The molecule has 0 radical (unpaired) electrons. The molecule has 0 spiro atoms. The number of unbranched alkanes of at least 4 members (excludes halogenated alkanes) is 1. The van der Waals surface area contributed by atoms with Gasteiger partial charge in [-0.1, -0.05) is 67.6 Å². The number of H-pyrrole nitrogens is 1. The summed E-state index contributed by atoms with van der Waals surface area (Å²) in [6.45, 7) is 1.71. The summed E-state index contributed by atoms with van der Waals surface area (Å²) in [5.41, 5.74) is 3.53. The molecule has 4 aromatic rings. The van der Waals surface area contributed by atoms with Crippen molar-refractivity contribution < 1.29 is 19.1 Å². The van der Waals surface area contributed by atoms with Gasteiger partial charge in [-0.2, -0.15) is 10.2 Å². The van der Waals surface area contributed by atoms with Crippen LogP contribution in [0.1, 0.15) is 55.1 Å². The van der Waals surface area contributed by atoms with Gasteiger partial charge in [0.2, 0.25) is 11.8 Å². The minimum Gasteiger partial charge on any atom is -0.444 e. The predicted octanol–water partition coefficient (Wildman–Crippen LogP) is 4.82. The second kappa shape index (κ2) is 15.8. The molecule has 0 atom stereocenters. The lowest BCUT2D eigenvalue weighted by Gasteiger charge is -2.20. The number of rotatable bonds is 15. The van der Waals surface area contributed by atoms with Crippen LogP contribution in [0.15, 0.2) is 78.9 Å². The van der Waals surface area contributed by atoms with Gasteiger partial charge in [-0.25, -0.2) is 0 Å². The second-order valence-electron chi connectivity index (χ2n) is 9.96. The van der Waals surface area contributed by atoms with E-state index >= 15 is 0 Å². The fourth-order valence-corrected chi connectivity index (χ4v) is 4.31. The van der Waals surface area contributed by atoms with Crippen LogP contribution in [-0.2, 0) is 44.8 Å². The summed E-state index contributed by atoms with van der Waals surface area (Å²) in [6, 6.07) is 24.4. The fourth-order valence-electron chi connectivity index (χ4n) is 4.31. The lowest BCUT2D eigenvalue weighted by atomic mass is 10.1. The molecule has 0 bridgehead atoms. The molecule has 2 amide bonds. The standard InChI is InChI=1S/C32H36N6O4/c1-2-11-32(41)42-23-38(31(40)21-25-14-7-4-8-15-25)29-22-27(35-37-29)17-10-9-16-26-18-19-28(36-34-26)33-30(39)20-24-12-5-3-6-13-24/h3-8,12-15,18-19,22H,2,9-11,16-17,20-21,23H2,1H3,(H,35,37)(H,33,36,39). The average molecular weight is 569 g/mol. The Balaban J connectivity index is 1.25. The van der Waals surface area contributed by atoms with Gasteiger partial charge in [0, 0.05) is 18.2 Å². The van der Waals surface area contributed by atoms with E-state index in [0.717, 1.165) is 48.2 Å². The van der Waals surface area contributed by atoms with E-state index < -0.39 is 0 Å². The third-order valence-electron chi connectivity index (χ3n) is 6.53. The molecule has 0 saturated carbocycles. The lowest BCUT2D eigenvalue weighted by molar-refractivity contribution is -0.144. The number of amides is 2. The van der Waals surface area contributed by atoms with E-state index in [4.69, 9.17) is 4.74 Å². The highest BCUT2D eigenvalue weighted by molar-refractivity contribution is 5.94. The topological polar surface area (TPSA) is 130 Å². The van der Waals surface area contributed by atoms with E-state index in [1.54, 1.807) is 6.07 Å². The van der Waals surface area contributed by atoms with Crippen LogP contribution in [0.2, 0.25) is 0 Å². The Hall–Kier alpha value is -4.86. The van der Waals surface area contributed by atoms with Gasteiger partial charge >= 0.3 is 5.97 Å². The molecular formula is C32H36N6O4. The number of anilines is 2. The maximum Gasteiger partial charge on any atom is 0.307 e. The second-order valence-corrected chi connectivity index (χ2v) is 9.96. The molecule has 0 aliphatic rings. The number of aryl methyl sites for hydroxylation is 2. The Labute approximate surface area is 245 Å². The highest BCUT2D eigenvalue weighted by atomic mass is 16.5. The third-order valence-corrected chi connectivity index (χ3v) is 6.53. The zero-order valence-electron chi connectivity index (χ0n) is 23.8. The lowest BCUT2D eigenvalue weighted by Crippen LogP contribution is -2.35. The van der Waals surface area contributed by atoms with Crippen molar-refractivity contribution in [3.8, 4) is 0 Å². The molecule has 0 unspecified atom stereocenters. The monoisotopic (exact) mass is 568 g/mol. The first-order valence-corrected chi connectivity index (χ1v) is 14.2. The summed E-state index contributed by atoms with van der Waals surface area (Å²) in [7, 11) is 0. The molecule has 0 aliphatic heterocycles. The van der Waals surface area contributed by atoms with Gasteiger partial charge in [0.05, 0.1) is 18.5 Å². The van der Waals surface area contributed by atoms with Crippen molar-refractivity contribution in [2.45, 2.75) is 58.3 Å². The number of aromatic nitrogens is 4. The van der Waals surface area contributed by atoms with Crippen LogP contribution in [0, 0.1) is 0 Å². The summed E-state index contributed by atoms with van der Waals surface area (Å²) in [6.07, 6.45) is 4.61. The smallest absolute Gasteiger partial charge is 0.307 e. The van der Waals surface area contributed by atoms with Crippen LogP contribution in [0.25, 0.3) is 0 Å². The molecule has 4 rings (SSSR count). The van der Waals surface area contributed by atoms with Crippen molar-refractivity contribution in [2.75, 3.05) is 16.9 Å². The van der Waals surface area contributed by atoms with Crippen molar-refractivity contribution in [1.82, 2.24) is 20.4 Å². The molecule has 218 valence electrons. The minimum absolute atomic E-state index is 0.137. The van der Waals surface area contributed by atoms with Gasteiger partial charge in [0.1, 0.15) is 0 Å². The largest absolute Gasteiger partial charge is 0.444 e. The summed E-state index contributed by atoms with van der Waals surface area (Å²) in [4.78, 5) is 38.7. The number of benzene rings is 2. The zero-order valence-corrected chi connectivity index (χ0v) is 23.8. The predicted molar refractivity (Wildman–Crippen MR) is 160 cm³/mol. The van der Waals surface area contributed by atoms with E-state index in [0.29, 0.717) is 24.5 Å². The average Bonchev–Trinajstić information content (AvgIpc) is 3.46. The Bertz CT molecular complexity index is 1420. The number of hydrogen-bond acceptors (Lipinski definition) is 7. The number of carbonyl (C=O) groups excluding carboxylic acids is 3. The molecule has 0 saturated heterocycles. The molecule has 2 aromatic heterocycles. The number of carbonyl (C=O) groups is 3. The first kappa shape index (κ1) is 30.1. The van der Waals surface area contributed by atoms with E-state index in [1.165, 1.54) is 4.90 Å². The van der Waals surface area contributed by atoms with Crippen molar-refractivity contribution in [1.29, 1.82) is 0 Å². The summed E-state index contributed by atoms with van der Waals surface area (Å²) in [5.74, 6) is 0.155. The minimum atomic E-state index is -0.350. The van der Waals surface area contributed by atoms with Gasteiger partial charge in [0.25, 0.3) is 0 Å². The molecule has 42 heavy (non-hydrogen) atoms. The number of aromatic amines is 1. The van der Waals surface area contributed by atoms with E-state index in [9.17, 15) is 14.4 Å². The molecule has 0 aliphatic carbocycles. The van der Waals surface area contributed by atoms with Crippen LogP contribution < -0.4 is 10.2 Å². The highest BCUT2D eigenvalue weighted by Crippen LogP contribution is 2.17. The molecule has 2 aromatic carbocycles. The highest BCUT2D eigenvalue weighted by Gasteiger charge is 2.21. The fraction of sp³-hybridized carbons (Fsp3) is 0.312. The van der Waals surface area contributed by atoms with Gasteiger partial charge in [-0.05, 0) is 55.4 Å². The van der Waals surface area contributed by atoms with Gasteiger partial charge in [0.15, 0.2) is 18.4 Å². The maximum atomic E-state index is 13.1. The van der Waals surface area contributed by atoms with Crippen molar-refractivity contribution in [3.63, 3.8) is 0 Å². The molecule has 2 N–H and O–H groups in total. The summed E-state index contributed by atoms with van der Waals surface area (Å²) < 4.78 is 5.35. The maximum absolute atomic E-state index is 13.1. The van der Waals surface area contributed by atoms with E-state index in [2.05, 4.69) is 25.7 Å². The third kappa shape index (κ3) is 9.65. The van der Waals surface area contributed by atoms with Crippen molar-refractivity contribution in [2.24, 2.45) is 0 Å². The van der Waals surface area contributed by atoms with Crippen LogP contribution in [0.4, 0.5) is 11.6 Å². The molecule has 2 heterocycles. The number of ether oxygens (including phenoxy) is 1. The molecular weight excluding hydrogens is 532 g/mol. The van der Waals surface area contributed by atoms with Crippen LogP contribution in [-0.4, -0.2) is 44.9 Å². The number of esters is 1. The Morgan fingerprint density at radius 3 is 2.21 bits per heavy atom. The van der Waals surface area contributed by atoms with Crippen LogP contribution >= 0.6 is 0 Å².